The van der Waals surface area contributed by atoms with Gasteiger partial charge in [-0.1, -0.05) is 30.3 Å². The van der Waals surface area contributed by atoms with E-state index in [1.807, 2.05) is 41.3 Å². The van der Waals surface area contributed by atoms with E-state index in [0.29, 0.717) is 6.54 Å². The lowest BCUT2D eigenvalue weighted by Gasteiger charge is -2.38. The predicted molar refractivity (Wildman–Crippen MR) is 133 cm³/mol. The van der Waals surface area contributed by atoms with Gasteiger partial charge in [0.25, 0.3) is 5.91 Å². The Morgan fingerprint density at radius 3 is 2.09 bits per heavy atom. The molecule has 5 heteroatoms. The van der Waals surface area contributed by atoms with E-state index in [9.17, 15) is 9.90 Å². The summed E-state index contributed by atoms with van der Waals surface area (Å²) in [5.41, 5.74) is 8.12. The molecule has 33 heavy (non-hydrogen) atoms. The number of anilines is 1. The zero-order chi connectivity index (χ0) is 22.9. The minimum absolute atomic E-state index is 0.0868. The van der Waals surface area contributed by atoms with Crippen LogP contribution in [0.25, 0.3) is 11.1 Å². The summed E-state index contributed by atoms with van der Waals surface area (Å²) in [6.45, 7) is 7.79. The van der Waals surface area contributed by atoms with Gasteiger partial charge in [-0.25, -0.2) is 0 Å². The first-order valence-corrected chi connectivity index (χ1v) is 11.7. The molecule has 1 N–H and O–H groups in total. The molecule has 0 spiro atoms. The van der Waals surface area contributed by atoms with Crippen molar-refractivity contribution >= 4 is 11.6 Å². The number of hydrogen-bond acceptors (Lipinski definition) is 4. The van der Waals surface area contributed by atoms with Crippen LogP contribution < -0.4 is 4.90 Å². The van der Waals surface area contributed by atoms with Crippen molar-refractivity contribution in [2.45, 2.75) is 19.9 Å². The Morgan fingerprint density at radius 1 is 0.788 bits per heavy atom. The number of phenolic OH excluding ortho intramolecular Hbond substituents is 1. The molecule has 2 aliphatic heterocycles. The Hall–Kier alpha value is -3.31. The van der Waals surface area contributed by atoms with E-state index in [1.54, 1.807) is 12.1 Å². The molecule has 0 aliphatic carbocycles. The third kappa shape index (κ3) is 4.33. The molecule has 1 fully saturated rings. The van der Waals surface area contributed by atoms with Gasteiger partial charge in [-0.05, 0) is 78.5 Å². The van der Waals surface area contributed by atoms with Crippen LogP contribution in [0.5, 0.6) is 5.75 Å². The smallest absolute Gasteiger partial charge is 0.254 e. The fourth-order valence-electron chi connectivity index (χ4n) is 5.00. The number of aryl methyl sites for hydroxylation is 1. The monoisotopic (exact) mass is 441 g/mol. The molecule has 0 bridgehead atoms. The minimum atomic E-state index is 0.0868. The number of amides is 1. The van der Waals surface area contributed by atoms with E-state index in [0.717, 1.165) is 55.8 Å². The van der Waals surface area contributed by atoms with Gasteiger partial charge in [0.2, 0.25) is 0 Å². The van der Waals surface area contributed by atoms with Crippen LogP contribution in [0.3, 0.4) is 0 Å². The molecule has 5 rings (SSSR count). The van der Waals surface area contributed by atoms with Gasteiger partial charge in [0.05, 0.1) is 0 Å². The molecule has 5 nitrogen and oxygen atoms in total. The molecule has 170 valence electrons. The lowest BCUT2D eigenvalue weighted by Crippen LogP contribution is -2.45. The highest BCUT2D eigenvalue weighted by Crippen LogP contribution is 2.33. The molecule has 0 saturated carbocycles. The van der Waals surface area contributed by atoms with Crippen molar-refractivity contribution in [3.8, 4) is 16.9 Å². The fourth-order valence-corrected chi connectivity index (χ4v) is 5.00. The number of carbonyl (C=O) groups excluding carboxylic acids is 1. The minimum Gasteiger partial charge on any atom is -0.508 e. The average molecular weight is 442 g/mol. The molecule has 2 heterocycles. The Labute approximate surface area is 195 Å². The van der Waals surface area contributed by atoms with Crippen LogP contribution in [-0.2, 0) is 13.0 Å². The number of nitrogens with zero attached hydrogens (tertiary/aromatic N) is 3. The number of aromatic hydroxyl groups is 1. The highest BCUT2D eigenvalue weighted by atomic mass is 16.3. The van der Waals surface area contributed by atoms with Gasteiger partial charge in [-0.3, -0.25) is 4.79 Å². The third-order valence-corrected chi connectivity index (χ3v) is 7.09. The summed E-state index contributed by atoms with van der Waals surface area (Å²) in [6, 6.07) is 19.4. The van der Waals surface area contributed by atoms with E-state index >= 15 is 0 Å². The van der Waals surface area contributed by atoms with Crippen LogP contribution in [0, 0.1) is 6.92 Å². The van der Waals surface area contributed by atoms with Crippen LogP contribution in [0.4, 0.5) is 5.69 Å². The first-order valence-electron chi connectivity index (χ1n) is 11.7. The highest BCUT2D eigenvalue weighted by Gasteiger charge is 2.27. The normalized spacial score (nSPS) is 16.5. The van der Waals surface area contributed by atoms with Gasteiger partial charge < -0.3 is 19.8 Å². The van der Waals surface area contributed by atoms with E-state index in [2.05, 4.69) is 35.9 Å². The van der Waals surface area contributed by atoms with Gasteiger partial charge >= 0.3 is 0 Å². The maximum Gasteiger partial charge on any atom is 0.254 e. The van der Waals surface area contributed by atoms with Gasteiger partial charge in [0.15, 0.2) is 0 Å². The Balaban J connectivity index is 1.36. The maximum atomic E-state index is 13.4. The number of rotatable bonds is 3. The number of benzene rings is 3. The molecule has 0 aromatic heterocycles. The third-order valence-electron chi connectivity index (χ3n) is 7.09. The highest BCUT2D eigenvalue weighted by molar-refractivity contribution is 5.95. The molecule has 3 aromatic carbocycles. The van der Waals surface area contributed by atoms with Crippen molar-refractivity contribution in [1.82, 2.24) is 9.80 Å². The summed E-state index contributed by atoms with van der Waals surface area (Å²) in [7, 11) is 2.18. The number of fused-ring (bicyclic) bond motifs is 1. The molecule has 0 radical (unpaired) electrons. The van der Waals surface area contributed by atoms with Gasteiger partial charge in [0, 0.05) is 50.5 Å². The summed E-state index contributed by atoms with van der Waals surface area (Å²) in [6.07, 6.45) is 0.903. The zero-order valence-electron chi connectivity index (χ0n) is 19.4. The maximum absolute atomic E-state index is 13.4. The van der Waals surface area contributed by atoms with Crippen LogP contribution in [0.1, 0.15) is 27.0 Å². The van der Waals surface area contributed by atoms with E-state index in [1.165, 1.54) is 22.4 Å². The second-order valence-corrected chi connectivity index (χ2v) is 9.25. The predicted octanol–water partition coefficient (Wildman–Crippen LogP) is 4.32. The van der Waals surface area contributed by atoms with Crippen molar-refractivity contribution in [3.63, 3.8) is 0 Å². The Kier molecular flexibility index (Phi) is 5.81. The standard InChI is InChI=1S/C28H31N3O2/c1-20-3-12-27(30-17-15-29(2)16-18-30)26-19-31(14-13-25(20)26)28(33)23-6-4-21(5-7-23)22-8-10-24(32)11-9-22/h3-12,32H,13-19H2,1-2H3. The Morgan fingerprint density at radius 2 is 1.42 bits per heavy atom. The van der Waals surface area contributed by atoms with Gasteiger partial charge in [-0.2, -0.15) is 0 Å². The Bertz CT molecular complexity index is 1150. The number of hydrogen-bond donors (Lipinski definition) is 1. The summed E-state index contributed by atoms with van der Waals surface area (Å²) in [5.74, 6) is 0.339. The second kappa shape index (κ2) is 8.91. The lowest BCUT2D eigenvalue weighted by molar-refractivity contribution is 0.0734. The molecule has 1 saturated heterocycles. The lowest BCUT2D eigenvalue weighted by atomic mass is 9.92. The molecule has 1 amide bonds. The van der Waals surface area contributed by atoms with Crippen molar-refractivity contribution in [2.75, 3.05) is 44.7 Å². The first-order chi connectivity index (χ1) is 16.0. The number of piperazine rings is 1. The molecule has 2 aliphatic rings. The van der Waals surface area contributed by atoms with Crippen molar-refractivity contribution in [3.05, 3.63) is 82.9 Å². The van der Waals surface area contributed by atoms with Crippen molar-refractivity contribution in [2.24, 2.45) is 0 Å². The number of phenols is 1. The van der Waals surface area contributed by atoms with E-state index in [-0.39, 0.29) is 11.7 Å². The fraction of sp³-hybridized carbons (Fsp3) is 0.321. The summed E-state index contributed by atoms with van der Waals surface area (Å²) in [4.78, 5) is 20.2. The molecule has 0 unspecified atom stereocenters. The first kappa shape index (κ1) is 21.5. The van der Waals surface area contributed by atoms with E-state index < -0.39 is 0 Å². The van der Waals surface area contributed by atoms with Crippen LogP contribution in [0.15, 0.2) is 60.7 Å². The largest absolute Gasteiger partial charge is 0.508 e. The quantitative estimate of drug-likeness (QED) is 0.658. The number of likely N-dealkylation sites (N-methyl/N-ethyl adjacent to an activating group) is 1. The van der Waals surface area contributed by atoms with E-state index in [4.69, 9.17) is 0 Å². The summed E-state index contributed by atoms with van der Waals surface area (Å²) < 4.78 is 0. The van der Waals surface area contributed by atoms with Crippen LogP contribution >= 0.6 is 0 Å². The zero-order valence-corrected chi connectivity index (χ0v) is 19.4. The summed E-state index contributed by atoms with van der Waals surface area (Å²) >= 11 is 0. The molecular weight excluding hydrogens is 410 g/mol. The second-order valence-electron chi connectivity index (χ2n) is 9.25. The topological polar surface area (TPSA) is 47.0 Å². The summed E-state index contributed by atoms with van der Waals surface area (Å²) in [5, 5.41) is 9.51. The average Bonchev–Trinajstić information content (AvgIpc) is 2.85. The molecular formula is C28H31N3O2. The molecule has 3 aromatic rings. The van der Waals surface area contributed by atoms with Crippen molar-refractivity contribution < 1.29 is 9.90 Å². The van der Waals surface area contributed by atoms with Crippen LogP contribution in [0.2, 0.25) is 0 Å². The van der Waals surface area contributed by atoms with Crippen molar-refractivity contribution in [1.29, 1.82) is 0 Å². The SMILES string of the molecule is Cc1ccc(N2CCN(C)CC2)c2c1CCN(C(=O)c1ccc(-c3ccc(O)cc3)cc1)C2. The number of carbonyl (C=O) groups is 1. The molecule has 0 atom stereocenters. The van der Waals surface area contributed by atoms with Gasteiger partial charge in [0.1, 0.15) is 5.75 Å². The van der Waals surface area contributed by atoms with Crippen LogP contribution in [-0.4, -0.2) is 60.6 Å². The van der Waals surface area contributed by atoms with Gasteiger partial charge in [-0.15, -0.1) is 0 Å².